The molecule has 0 aromatic heterocycles. The Morgan fingerprint density at radius 1 is 1.12 bits per heavy atom. The van der Waals surface area contributed by atoms with E-state index < -0.39 is 0 Å². The highest BCUT2D eigenvalue weighted by atomic mass is 79.9. The van der Waals surface area contributed by atoms with Gasteiger partial charge in [-0.2, -0.15) is 0 Å². The van der Waals surface area contributed by atoms with Crippen LogP contribution in [-0.4, -0.2) is 67.9 Å². The highest BCUT2D eigenvalue weighted by molar-refractivity contribution is 9.10. The van der Waals surface area contributed by atoms with Crippen LogP contribution in [-0.2, 0) is 9.59 Å². The molecule has 2 aromatic rings. The van der Waals surface area contributed by atoms with Crippen molar-refractivity contribution in [3.63, 3.8) is 0 Å². The van der Waals surface area contributed by atoms with Crippen molar-refractivity contribution in [3.05, 3.63) is 64.1 Å². The van der Waals surface area contributed by atoms with Gasteiger partial charge < -0.3 is 15.1 Å². The van der Waals surface area contributed by atoms with Gasteiger partial charge in [0.25, 0.3) is 0 Å². The van der Waals surface area contributed by atoms with E-state index >= 15 is 0 Å². The number of nitrogens with zero attached hydrogens (tertiary/aromatic N) is 3. The smallest absolute Gasteiger partial charge is 0.227 e. The maximum Gasteiger partial charge on any atom is 0.227 e. The van der Waals surface area contributed by atoms with E-state index in [4.69, 9.17) is 0 Å². The van der Waals surface area contributed by atoms with Gasteiger partial charge in [-0.3, -0.25) is 14.5 Å². The fourth-order valence-corrected chi connectivity index (χ4v) is 4.67. The zero-order chi connectivity index (χ0) is 22.7. The average Bonchev–Trinajstić information content (AvgIpc) is 3.19. The standard InChI is InChI=1S/C25H31BrN4O2/c1-18-14-21(8-9-22(18)26)30-16-20(15-24(30)31)25(32)27-23(19-6-4-3-5-7-19)17-29-12-10-28(2)11-13-29/h3-9,14,20,23H,10-13,15-17H2,1-2H3,(H,27,32). The van der Waals surface area contributed by atoms with Gasteiger partial charge in [0.1, 0.15) is 0 Å². The summed E-state index contributed by atoms with van der Waals surface area (Å²) in [5.41, 5.74) is 3.02. The van der Waals surface area contributed by atoms with Crippen molar-refractivity contribution in [3.8, 4) is 0 Å². The third kappa shape index (κ3) is 5.39. The van der Waals surface area contributed by atoms with Crippen LogP contribution in [0.4, 0.5) is 5.69 Å². The predicted octanol–water partition coefficient (Wildman–Crippen LogP) is 3.22. The van der Waals surface area contributed by atoms with Crippen molar-refractivity contribution >= 4 is 33.4 Å². The summed E-state index contributed by atoms with van der Waals surface area (Å²) in [5, 5.41) is 3.27. The Kier molecular flexibility index (Phi) is 7.28. The molecule has 0 spiro atoms. The molecular formula is C25H31BrN4O2. The van der Waals surface area contributed by atoms with Crippen LogP contribution in [0.2, 0.25) is 0 Å². The van der Waals surface area contributed by atoms with Crippen molar-refractivity contribution in [2.24, 2.45) is 5.92 Å². The van der Waals surface area contributed by atoms with Crippen molar-refractivity contribution in [1.29, 1.82) is 0 Å². The molecule has 7 heteroatoms. The molecule has 2 aliphatic rings. The molecule has 1 N–H and O–H groups in total. The van der Waals surface area contributed by atoms with Crippen LogP contribution in [0.1, 0.15) is 23.6 Å². The summed E-state index contributed by atoms with van der Waals surface area (Å²) in [7, 11) is 2.14. The molecule has 4 rings (SSSR count). The van der Waals surface area contributed by atoms with Crippen molar-refractivity contribution in [2.45, 2.75) is 19.4 Å². The van der Waals surface area contributed by atoms with Gasteiger partial charge in [-0.05, 0) is 43.3 Å². The number of hydrogen-bond donors (Lipinski definition) is 1. The van der Waals surface area contributed by atoms with Gasteiger partial charge in [-0.25, -0.2) is 0 Å². The lowest BCUT2D eigenvalue weighted by atomic mass is 10.0. The molecule has 170 valence electrons. The van der Waals surface area contributed by atoms with E-state index in [1.807, 2.05) is 43.3 Å². The Morgan fingerprint density at radius 2 is 1.84 bits per heavy atom. The molecule has 2 fully saturated rings. The van der Waals surface area contributed by atoms with Crippen molar-refractivity contribution < 1.29 is 9.59 Å². The van der Waals surface area contributed by atoms with Crippen LogP contribution in [0.3, 0.4) is 0 Å². The number of aryl methyl sites for hydroxylation is 1. The highest BCUT2D eigenvalue weighted by Gasteiger charge is 2.36. The molecule has 0 saturated carbocycles. The quantitative estimate of drug-likeness (QED) is 0.664. The second-order valence-corrected chi connectivity index (χ2v) is 9.77. The zero-order valence-electron chi connectivity index (χ0n) is 18.8. The number of rotatable bonds is 6. The fourth-order valence-electron chi connectivity index (χ4n) is 4.43. The minimum absolute atomic E-state index is 0.00204. The van der Waals surface area contributed by atoms with Gasteiger partial charge in [0, 0.05) is 55.8 Å². The number of halogens is 1. The maximum atomic E-state index is 13.2. The number of benzene rings is 2. The molecule has 2 aromatic carbocycles. The van der Waals surface area contributed by atoms with E-state index in [9.17, 15) is 9.59 Å². The summed E-state index contributed by atoms with van der Waals surface area (Å²) in [5.74, 6) is -0.384. The van der Waals surface area contributed by atoms with Crippen LogP contribution < -0.4 is 10.2 Å². The van der Waals surface area contributed by atoms with Crippen LogP contribution in [0.25, 0.3) is 0 Å². The summed E-state index contributed by atoms with van der Waals surface area (Å²) in [6.07, 6.45) is 0.247. The summed E-state index contributed by atoms with van der Waals surface area (Å²) >= 11 is 3.51. The molecule has 2 unspecified atom stereocenters. The third-order valence-electron chi connectivity index (χ3n) is 6.50. The van der Waals surface area contributed by atoms with Gasteiger partial charge >= 0.3 is 0 Å². The molecule has 2 saturated heterocycles. The second-order valence-electron chi connectivity index (χ2n) is 8.91. The monoisotopic (exact) mass is 498 g/mol. The zero-order valence-corrected chi connectivity index (χ0v) is 20.3. The normalized spacial score (nSPS) is 21.0. The van der Waals surface area contributed by atoms with Crippen LogP contribution >= 0.6 is 15.9 Å². The Morgan fingerprint density at radius 3 is 2.53 bits per heavy atom. The number of carbonyl (C=O) groups is 2. The fraction of sp³-hybridized carbons (Fsp3) is 0.440. The molecule has 0 radical (unpaired) electrons. The first-order chi connectivity index (χ1) is 15.4. The molecular weight excluding hydrogens is 468 g/mol. The number of likely N-dealkylation sites (N-methyl/N-ethyl adjacent to an activating group) is 1. The molecule has 0 aliphatic carbocycles. The first kappa shape index (κ1) is 23.0. The van der Waals surface area contributed by atoms with Crippen LogP contribution in [0, 0.1) is 12.8 Å². The number of carbonyl (C=O) groups excluding carboxylic acids is 2. The molecule has 2 aliphatic heterocycles. The predicted molar refractivity (Wildman–Crippen MR) is 131 cm³/mol. The van der Waals surface area contributed by atoms with E-state index in [0.29, 0.717) is 6.54 Å². The number of nitrogens with one attached hydrogen (secondary N) is 1. The SMILES string of the molecule is Cc1cc(N2CC(C(=O)NC(CN3CCN(C)CC3)c3ccccc3)CC2=O)ccc1Br. The summed E-state index contributed by atoms with van der Waals surface area (Å²) < 4.78 is 1.01. The minimum Gasteiger partial charge on any atom is -0.348 e. The number of anilines is 1. The van der Waals surface area contributed by atoms with Gasteiger partial charge in [-0.15, -0.1) is 0 Å². The third-order valence-corrected chi connectivity index (χ3v) is 7.39. The largest absolute Gasteiger partial charge is 0.348 e. The lowest BCUT2D eigenvalue weighted by Gasteiger charge is -2.35. The van der Waals surface area contributed by atoms with Gasteiger partial charge in [0.05, 0.1) is 12.0 Å². The lowest BCUT2D eigenvalue weighted by Crippen LogP contribution is -2.48. The highest BCUT2D eigenvalue weighted by Crippen LogP contribution is 2.29. The molecule has 0 bridgehead atoms. The first-order valence-electron chi connectivity index (χ1n) is 11.2. The van der Waals surface area contributed by atoms with Gasteiger partial charge in [0.2, 0.25) is 11.8 Å². The van der Waals surface area contributed by atoms with E-state index in [-0.39, 0.29) is 30.2 Å². The van der Waals surface area contributed by atoms with Crippen LogP contribution in [0.5, 0.6) is 0 Å². The summed E-state index contributed by atoms with van der Waals surface area (Å²) in [4.78, 5) is 32.4. The van der Waals surface area contributed by atoms with Crippen LogP contribution in [0.15, 0.2) is 53.0 Å². The van der Waals surface area contributed by atoms with E-state index in [2.05, 4.69) is 50.2 Å². The van der Waals surface area contributed by atoms with Crippen molar-refractivity contribution in [2.75, 3.05) is 51.2 Å². The summed E-state index contributed by atoms with van der Waals surface area (Å²) in [6.45, 7) is 7.26. The van der Waals surface area contributed by atoms with Gasteiger partial charge in [-0.1, -0.05) is 46.3 Å². The topological polar surface area (TPSA) is 55.9 Å². The second kappa shape index (κ2) is 10.1. The number of hydrogen-bond acceptors (Lipinski definition) is 4. The van der Waals surface area contributed by atoms with E-state index in [0.717, 1.165) is 54.0 Å². The molecule has 6 nitrogen and oxygen atoms in total. The summed E-state index contributed by atoms with van der Waals surface area (Å²) in [6, 6.07) is 15.9. The number of piperazine rings is 1. The Balaban J connectivity index is 1.44. The maximum absolute atomic E-state index is 13.2. The molecule has 2 heterocycles. The Hall–Kier alpha value is -2.22. The van der Waals surface area contributed by atoms with Gasteiger partial charge in [0.15, 0.2) is 0 Å². The first-order valence-corrected chi connectivity index (χ1v) is 12.0. The Labute approximate surface area is 198 Å². The number of amides is 2. The molecule has 2 atom stereocenters. The molecule has 2 amide bonds. The van der Waals surface area contributed by atoms with Crippen molar-refractivity contribution in [1.82, 2.24) is 15.1 Å². The minimum atomic E-state index is -0.342. The lowest BCUT2D eigenvalue weighted by molar-refractivity contribution is -0.127. The average molecular weight is 499 g/mol. The molecule has 32 heavy (non-hydrogen) atoms. The van der Waals surface area contributed by atoms with E-state index in [1.54, 1.807) is 4.90 Å². The van der Waals surface area contributed by atoms with E-state index in [1.165, 1.54) is 0 Å². The Bertz CT molecular complexity index is 960.